The van der Waals surface area contributed by atoms with Gasteiger partial charge < -0.3 is 20.1 Å². The van der Waals surface area contributed by atoms with Gasteiger partial charge in [0.2, 0.25) is 5.91 Å². The van der Waals surface area contributed by atoms with E-state index in [0.29, 0.717) is 30.9 Å². The van der Waals surface area contributed by atoms with Crippen LogP contribution in [-0.4, -0.2) is 33.7 Å². The molecule has 0 spiro atoms. The molecule has 0 unspecified atom stereocenters. The predicted octanol–water partition coefficient (Wildman–Crippen LogP) is 1.71. The Morgan fingerprint density at radius 3 is 2.53 bits per heavy atom. The van der Waals surface area contributed by atoms with Crippen LogP contribution in [0, 0.1) is 6.92 Å². The van der Waals surface area contributed by atoms with Crippen molar-refractivity contribution in [2.24, 2.45) is 5.73 Å². The molecule has 0 saturated heterocycles. The van der Waals surface area contributed by atoms with E-state index in [1.807, 2.05) is 13.0 Å². The highest BCUT2D eigenvalue weighted by molar-refractivity contribution is 5.95. The van der Waals surface area contributed by atoms with Gasteiger partial charge in [-0.25, -0.2) is 0 Å². The number of hydrogen-bond donors (Lipinski definition) is 1. The fourth-order valence-electron chi connectivity index (χ4n) is 1.96. The van der Waals surface area contributed by atoms with E-state index in [4.69, 9.17) is 15.2 Å². The molecule has 19 heavy (non-hydrogen) atoms. The highest BCUT2D eigenvalue weighted by atomic mass is 16.5. The van der Waals surface area contributed by atoms with Crippen molar-refractivity contribution in [1.82, 2.24) is 0 Å². The molecule has 0 fully saturated rings. The van der Waals surface area contributed by atoms with Gasteiger partial charge in [-0.3, -0.25) is 4.79 Å². The quantitative estimate of drug-likeness (QED) is 0.851. The second-order valence-corrected chi connectivity index (χ2v) is 4.34. The van der Waals surface area contributed by atoms with E-state index in [2.05, 4.69) is 0 Å². The fourth-order valence-corrected chi connectivity index (χ4v) is 1.96. The molecular formula is C14H22N2O3. The highest BCUT2D eigenvalue weighted by Gasteiger charge is 2.18. The van der Waals surface area contributed by atoms with Crippen molar-refractivity contribution < 1.29 is 14.3 Å². The molecule has 1 aromatic rings. The second-order valence-electron chi connectivity index (χ2n) is 4.34. The Morgan fingerprint density at radius 2 is 2.00 bits per heavy atom. The molecule has 5 nitrogen and oxygen atoms in total. The SMILES string of the molecule is COc1cc(C)c(N(C)C(=O)CCCN)c(OC)c1. The third kappa shape index (κ3) is 3.61. The Balaban J connectivity index is 3.07. The van der Waals surface area contributed by atoms with Crippen LogP contribution >= 0.6 is 0 Å². The lowest BCUT2D eigenvalue weighted by molar-refractivity contribution is -0.118. The monoisotopic (exact) mass is 266 g/mol. The van der Waals surface area contributed by atoms with Gasteiger partial charge in [-0.1, -0.05) is 0 Å². The molecule has 1 amide bonds. The lowest BCUT2D eigenvalue weighted by atomic mass is 10.1. The first-order chi connectivity index (χ1) is 9.04. The number of aryl methyl sites for hydroxylation is 1. The number of hydrogen-bond acceptors (Lipinski definition) is 4. The van der Waals surface area contributed by atoms with E-state index in [1.165, 1.54) is 0 Å². The minimum atomic E-state index is 0.0250. The van der Waals surface area contributed by atoms with Gasteiger partial charge in [0.1, 0.15) is 11.5 Å². The molecule has 0 aliphatic rings. The van der Waals surface area contributed by atoms with E-state index in [-0.39, 0.29) is 5.91 Å². The molecule has 2 N–H and O–H groups in total. The molecule has 0 atom stereocenters. The van der Waals surface area contributed by atoms with E-state index >= 15 is 0 Å². The Bertz CT molecular complexity index is 447. The first kappa shape index (κ1) is 15.3. The Kier molecular flexibility index (Phi) is 5.63. The van der Waals surface area contributed by atoms with Gasteiger partial charge in [0.25, 0.3) is 0 Å². The van der Waals surface area contributed by atoms with Crippen molar-refractivity contribution in [1.29, 1.82) is 0 Å². The summed E-state index contributed by atoms with van der Waals surface area (Å²) in [6.07, 6.45) is 1.11. The van der Waals surface area contributed by atoms with Crippen LogP contribution in [-0.2, 0) is 4.79 Å². The smallest absolute Gasteiger partial charge is 0.226 e. The molecule has 5 heteroatoms. The number of carbonyl (C=O) groups excluding carboxylic acids is 1. The van der Waals surface area contributed by atoms with Crippen molar-refractivity contribution in [2.45, 2.75) is 19.8 Å². The molecule has 1 rings (SSSR count). The number of nitrogens with two attached hydrogens (primary N) is 1. The van der Waals surface area contributed by atoms with Crippen molar-refractivity contribution in [3.63, 3.8) is 0 Å². The summed E-state index contributed by atoms with van der Waals surface area (Å²) in [5.41, 5.74) is 7.13. The summed E-state index contributed by atoms with van der Waals surface area (Å²) in [7, 11) is 4.93. The largest absolute Gasteiger partial charge is 0.497 e. The van der Waals surface area contributed by atoms with Crippen LogP contribution in [0.1, 0.15) is 18.4 Å². The third-order valence-electron chi connectivity index (χ3n) is 3.00. The first-order valence-electron chi connectivity index (χ1n) is 6.24. The van der Waals surface area contributed by atoms with Crippen LogP contribution in [0.2, 0.25) is 0 Å². The topological polar surface area (TPSA) is 64.8 Å². The lowest BCUT2D eigenvalue weighted by Crippen LogP contribution is -2.27. The van der Waals surface area contributed by atoms with Crippen LogP contribution in [0.3, 0.4) is 0 Å². The van der Waals surface area contributed by atoms with Gasteiger partial charge >= 0.3 is 0 Å². The summed E-state index contributed by atoms with van der Waals surface area (Å²) in [4.78, 5) is 13.7. The number of benzene rings is 1. The standard InChI is InChI=1S/C14H22N2O3/c1-10-8-11(18-3)9-12(19-4)14(10)16(2)13(17)6-5-7-15/h8-9H,5-7,15H2,1-4H3. The summed E-state index contributed by atoms with van der Waals surface area (Å²) in [5, 5.41) is 0. The maximum Gasteiger partial charge on any atom is 0.226 e. The van der Waals surface area contributed by atoms with Crippen LogP contribution in [0.15, 0.2) is 12.1 Å². The number of carbonyl (C=O) groups is 1. The minimum absolute atomic E-state index is 0.0250. The molecule has 0 bridgehead atoms. The number of rotatable bonds is 6. The molecule has 0 radical (unpaired) electrons. The summed E-state index contributed by atoms with van der Waals surface area (Å²) in [6.45, 7) is 2.44. The summed E-state index contributed by atoms with van der Waals surface area (Å²) >= 11 is 0. The predicted molar refractivity (Wildman–Crippen MR) is 76.0 cm³/mol. The number of nitrogens with zero attached hydrogens (tertiary/aromatic N) is 1. The second kappa shape index (κ2) is 6.99. The fraction of sp³-hybridized carbons (Fsp3) is 0.500. The van der Waals surface area contributed by atoms with Gasteiger partial charge in [-0.05, 0) is 31.5 Å². The van der Waals surface area contributed by atoms with E-state index in [1.54, 1.807) is 32.2 Å². The molecule has 106 valence electrons. The van der Waals surface area contributed by atoms with Gasteiger partial charge in [0, 0.05) is 19.5 Å². The number of methoxy groups -OCH3 is 2. The highest BCUT2D eigenvalue weighted by Crippen LogP contribution is 2.35. The van der Waals surface area contributed by atoms with Crippen molar-refractivity contribution in [3.8, 4) is 11.5 Å². The maximum atomic E-state index is 12.1. The van der Waals surface area contributed by atoms with Crippen molar-refractivity contribution >= 4 is 11.6 Å². The van der Waals surface area contributed by atoms with Crippen molar-refractivity contribution in [3.05, 3.63) is 17.7 Å². The van der Waals surface area contributed by atoms with Crippen molar-refractivity contribution in [2.75, 3.05) is 32.7 Å². The summed E-state index contributed by atoms with van der Waals surface area (Å²) < 4.78 is 10.5. The third-order valence-corrected chi connectivity index (χ3v) is 3.00. The summed E-state index contributed by atoms with van der Waals surface area (Å²) in [5.74, 6) is 1.36. The first-order valence-corrected chi connectivity index (χ1v) is 6.24. The zero-order chi connectivity index (χ0) is 14.4. The van der Waals surface area contributed by atoms with E-state index in [0.717, 1.165) is 11.3 Å². The van der Waals surface area contributed by atoms with E-state index in [9.17, 15) is 4.79 Å². The zero-order valence-electron chi connectivity index (χ0n) is 12.0. The van der Waals surface area contributed by atoms with Crippen LogP contribution in [0.4, 0.5) is 5.69 Å². The molecule has 0 aromatic heterocycles. The maximum absolute atomic E-state index is 12.1. The zero-order valence-corrected chi connectivity index (χ0v) is 12.0. The van der Waals surface area contributed by atoms with E-state index < -0.39 is 0 Å². The number of ether oxygens (including phenoxy) is 2. The lowest BCUT2D eigenvalue weighted by Gasteiger charge is -2.22. The van der Waals surface area contributed by atoms with Crippen LogP contribution in [0.25, 0.3) is 0 Å². The number of amides is 1. The minimum Gasteiger partial charge on any atom is -0.497 e. The Morgan fingerprint density at radius 1 is 1.32 bits per heavy atom. The molecular weight excluding hydrogens is 244 g/mol. The van der Waals surface area contributed by atoms with Gasteiger partial charge in [-0.2, -0.15) is 0 Å². The summed E-state index contributed by atoms with van der Waals surface area (Å²) in [6, 6.07) is 3.65. The molecule has 0 heterocycles. The Labute approximate surface area is 114 Å². The van der Waals surface area contributed by atoms with Crippen LogP contribution < -0.4 is 20.1 Å². The molecule has 1 aromatic carbocycles. The Hall–Kier alpha value is -1.75. The van der Waals surface area contributed by atoms with Gasteiger partial charge in [-0.15, -0.1) is 0 Å². The normalized spacial score (nSPS) is 10.2. The van der Waals surface area contributed by atoms with Gasteiger partial charge in [0.05, 0.1) is 19.9 Å². The van der Waals surface area contributed by atoms with Gasteiger partial charge in [0.15, 0.2) is 0 Å². The molecule has 0 saturated carbocycles. The number of anilines is 1. The average Bonchev–Trinajstić information content (AvgIpc) is 2.42. The average molecular weight is 266 g/mol. The molecule has 0 aliphatic heterocycles. The van der Waals surface area contributed by atoms with Crippen LogP contribution in [0.5, 0.6) is 11.5 Å². The molecule has 0 aliphatic carbocycles.